The monoisotopic (exact) mass is 297 g/mol. The summed E-state index contributed by atoms with van der Waals surface area (Å²) in [5, 5.41) is 11.0. The molecule has 2 bridgehead atoms. The Labute approximate surface area is 131 Å². The van der Waals surface area contributed by atoms with E-state index in [2.05, 4.69) is 45.5 Å². The molecule has 2 aromatic rings. The average molecular weight is 297 g/mol. The maximum absolute atomic E-state index is 4.90. The van der Waals surface area contributed by atoms with Crippen LogP contribution in [0.2, 0.25) is 0 Å². The van der Waals surface area contributed by atoms with Crippen LogP contribution in [0, 0.1) is 13.8 Å². The van der Waals surface area contributed by atoms with Gasteiger partial charge >= 0.3 is 0 Å². The van der Waals surface area contributed by atoms with Crippen LogP contribution in [-0.4, -0.2) is 40.4 Å². The van der Waals surface area contributed by atoms with Gasteiger partial charge in [0.05, 0.1) is 5.69 Å². The van der Waals surface area contributed by atoms with Gasteiger partial charge in [0.2, 0.25) is 0 Å². The lowest BCUT2D eigenvalue weighted by Gasteiger charge is -2.34. The summed E-state index contributed by atoms with van der Waals surface area (Å²) in [6, 6.07) is 7.75. The summed E-state index contributed by atoms with van der Waals surface area (Å²) in [5.74, 6) is 1.13. The number of nitrogens with zero attached hydrogens (tertiary/aromatic N) is 3. The van der Waals surface area contributed by atoms with Crippen molar-refractivity contribution in [2.75, 3.05) is 18.0 Å². The second kappa shape index (κ2) is 5.39. The number of piperazine rings is 1. The minimum atomic E-state index is 0.638. The molecule has 4 heterocycles. The molecule has 0 aromatic carbocycles. The largest absolute Gasteiger partial charge is 0.353 e. The zero-order chi connectivity index (χ0) is 15.1. The second-order valence-corrected chi connectivity index (χ2v) is 6.76. The van der Waals surface area contributed by atoms with Gasteiger partial charge in [0.25, 0.3) is 0 Å². The van der Waals surface area contributed by atoms with E-state index in [1.165, 1.54) is 18.4 Å². The smallest absolute Gasteiger partial charge is 0.129 e. The third-order valence-corrected chi connectivity index (χ3v) is 4.67. The first-order chi connectivity index (χ1) is 10.7. The number of aromatic amines is 1. The van der Waals surface area contributed by atoms with Crippen LogP contribution < -0.4 is 10.2 Å². The molecule has 2 aliphatic heterocycles. The summed E-state index contributed by atoms with van der Waals surface area (Å²) in [5.41, 5.74) is 4.54. The lowest BCUT2D eigenvalue weighted by Crippen LogP contribution is -2.51. The molecular formula is C17H23N5. The SMILES string of the molecule is Cc1cc(Cc2cc(C)[nH]n2)nc(N2CC3CCC(C2)N3)c1. The van der Waals surface area contributed by atoms with Gasteiger partial charge in [-0.25, -0.2) is 4.98 Å². The molecule has 2 unspecified atom stereocenters. The number of fused-ring (bicyclic) bond motifs is 2. The number of hydrogen-bond acceptors (Lipinski definition) is 4. The van der Waals surface area contributed by atoms with Gasteiger partial charge in [-0.05, 0) is 50.5 Å². The van der Waals surface area contributed by atoms with Gasteiger partial charge in [-0.2, -0.15) is 5.10 Å². The van der Waals surface area contributed by atoms with Gasteiger partial charge in [0.15, 0.2) is 0 Å². The highest BCUT2D eigenvalue weighted by Crippen LogP contribution is 2.25. The standard InChI is InChI=1S/C17H23N5/c1-11-5-15(8-16-7-12(2)20-21-16)19-17(6-11)22-9-13-3-4-14(10-22)18-13/h5-7,13-14,18H,3-4,8-10H2,1-2H3,(H,20,21). The van der Waals surface area contributed by atoms with E-state index < -0.39 is 0 Å². The highest BCUT2D eigenvalue weighted by atomic mass is 15.3. The van der Waals surface area contributed by atoms with Crippen LogP contribution in [0.1, 0.15) is 35.5 Å². The summed E-state index contributed by atoms with van der Waals surface area (Å²) in [6.07, 6.45) is 3.39. The summed E-state index contributed by atoms with van der Waals surface area (Å²) < 4.78 is 0. The summed E-state index contributed by atoms with van der Waals surface area (Å²) in [6.45, 7) is 6.34. The van der Waals surface area contributed by atoms with Crippen molar-refractivity contribution in [1.82, 2.24) is 20.5 Å². The molecule has 2 N–H and O–H groups in total. The van der Waals surface area contributed by atoms with Crippen molar-refractivity contribution >= 4 is 5.82 Å². The molecule has 116 valence electrons. The lowest BCUT2D eigenvalue weighted by atomic mass is 10.1. The molecule has 4 rings (SSSR count). The van der Waals surface area contributed by atoms with Gasteiger partial charge in [-0.3, -0.25) is 5.10 Å². The van der Waals surface area contributed by atoms with E-state index in [4.69, 9.17) is 4.98 Å². The molecule has 2 fully saturated rings. The molecule has 0 amide bonds. The molecule has 5 heteroatoms. The van der Waals surface area contributed by atoms with Crippen LogP contribution >= 0.6 is 0 Å². The number of hydrogen-bond donors (Lipinski definition) is 2. The van der Waals surface area contributed by atoms with E-state index in [1.807, 2.05) is 6.92 Å². The highest BCUT2D eigenvalue weighted by molar-refractivity contribution is 5.44. The summed E-state index contributed by atoms with van der Waals surface area (Å²) in [4.78, 5) is 7.35. The van der Waals surface area contributed by atoms with Gasteiger partial charge in [0, 0.05) is 43.0 Å². The molecule has 5 nitrogen and oxygen atoms in total. The van der Waals surface area contributed by atoms with Crippen molar-refractivity contribution in [2.45, 2.75) is 45.2 Å². The van der Waals surface area contributed by atoms with Crippen LogP contribution in [0.3, 0.4) is 0 Å². The Balaban J connectivity index is 1.57. The Morgan fingerprint density at radius 2 is 1.86 bits per heavy atom. The van der Waals surface area contributed by atoms with Crippen LogP contribution in [0.5, 0.6) is 0 Å². The lowest BCUT2D eigenvalue weighted by molar-refractivity contribution is 0.463. The van der Waals surface area contributed by atoms with E-state index in [1.54, 1.807) is 0 Å². The first-order valence-electron chi connectivity index (χ1n) is 8.15. The maximum atomic E-state index is 4.90. The fourth-order valence-corrected chi connectivity index (χ4v) is 3.71. The predicted molar refractivity (Wildman–Crippen MR) is 87.3 cm³/mol. The van der Waals surface area contributed by atoms with Crippen LogP contribution in [-0.2, 0) is 6.42 Å². The van der Waals surface area contributed by atoms with Gasteiger partial charge < -0.3 is 10.2 Å². The van der Waals surface area contributed by atoms with E-state index in [-0.39, 0.29) is 0 Å². The molecule has 2 atom stereocenters. The van der Waals surface area contributed by atoms with E-state index >= 15 is 0 Å². The summed E-state index contributed by atoms with van der Waals surface area (Å²) in [7, 11) is 0. The molecule has 2 saturated heterocycles. The Morgan fingerprint density at radius 3 is 2.55 bits per heavy atom. The number of aryl methyl sites for hydroxylation is 2. The highest BCUT2D eigenvalue weighted by Gasteiger charge is 2.32. The third kappa shape index (κ3) is 2.73. The average Bonchev–Trinajstić information content (AvgIpc) is 3.03. The van der Waals surface area contributed by atoms with Crippen molar-refractivity contribution in [3.8, 4) is 0 Å². The number of rotatable bonds is 3. The van der Waals surface area contributed by atoms with Crippen molar-refractivity contribution < 1.29 is 0 Å². The number of pyridine rings is 1. The van der Waals surface area contributed by atoms with Crippen LogP contribution in [0.15, 0.2) is 18.2 Å². The van der Waals surface area contributed by atoms with Gasteiger partial charge in [-0.15, -0.1) is 0 Å². The van der Waals surface area contributed by atoms with E-state index in [0.29, 0.717) is 12.1 Å². The molecule has 0 radical (unpaired) electrons. The maximum Gasteiger partial charge on any atom is 0.129 e. The fourth-order valence-electron chi connectivity index (χ4n) is 3.71. The third-order valence-electron chi connectivity index (χ3n) is 4.67. The van der Waals surface area contributed by atoms with Crippen LogP contribution in [0.25, 0.3) is 0 Å². The Kier molecular flexibility index (Phi) is 3.37. The van der Waals surface area contributed by atoms with Crippen LogP contribution in [0.4, 0.5) is 5.82 Å². The second-order valence-electron chi connectivity index (χ2n) is 6.76. The van der Waals surface area contributed by atoms with E-state index in [9.17, 15) is 0 Å². The molecule has 0 saturated carbocycles. The summed E-state index contributed by atoms with van der Waals surface area (Å²) >= 11 is 0. The molecule has 22 heavy (non-hydrogen) atoms. The Morgan fingerprint density at radius 1 is 1.09 bits per heavy atom. The van der Waals surface area contributed by atoms with Gasteiger partial charge in [-0.1, -0.05) is 0 Å². The van der Waals surface area contributed by atoms with E-state index in [0.717, 1.165) is 42.4 Å². The number of aromatic nitrogens is 3. The molecule has 2 aromatic heterocycles. The minimum Gasteiger partial charge on any atom is -0.353 e. The predicted octanol–water partition coefficient (Wildman–Crippen LogP) is 1.95. The van der Waals surface area contributed by atoms with Crippen molar-refractivity contribution in [2.24, 2.45) is 0 Å². The number of nitrogens with one attached hydrogen (secondary N) is 2. The molecule has 0 aliphatic carbocycles. The molecular weight excluding hydrogens is 274 g/mol. The minimum absolute atomic E-state index is 0.638. The number of anilines is 1. The number of H-pyrrole nitrogens is 1. The van der Waals surface area contributed by atoms with Gasteiger partial charge in [0.1, 0.15) is 5.82 Å². The molecule has 0 spiro atoms. The Hall–Kier alpha value is -1.88. The van der Waals surface area contributed by atoms with Crippen molar-refractivity contribution in [1.29, 1.82) is 0 Å². The zero-order valence-corrected chi connectivity index (χ0v) is 13.3. The normalized spacial score (nSPS) is 24.0. The fraction of sp³-hybridized carbons (Fsp3) is 0.529. The quantitative estimate of drug-likeness (QED) is 0.909. The Bertz CT molecular complexity index is 665. The first kappa shape index (κ1) is 13.8. The first-order valence-corrected chi connectivity index (χ1v) is 8.15. The topological polar surface area (TPSA) is 56.8 Å². The zero-order valence-electron chi connectivity index (χ0n) is 13.3. The van der Waals surface area contributed by atoms with Crippen molar-refractivity contribution in [3.63, 3.8) is 0 Å². The van der Waals surface area contributed by atoms with Crippen molar-refractivity contribution in [3.05, 3.63) is 40.8 Å². The molecule has 2 aliphatic rings.